The summed E-state index contributed by atoms with van der Waals surface area (Å²) in [5.74, 6) is 0.497. The van der Waals surface area contributed by atoms with Gasteiger partial charge in [0.05, 0.1) is 6.61 Å². The smallest absolute Gasteiger partial charge is 0.165 e. The Morgan fingerprint density at radius 1 is 0.852 bits per heavy atom. The fraction of sp³-hybridized carbons (Fsp3) is 0.565. The average Bonchev–Trinajstić information content (AvgIpc) is 2.69. The first-order valence-corrected chi connectivity index (χ1v) is 10.5. The molecular weight excluding hydrogens is 339 g/mol. The Labute approximate surface area is 163 Å². The van der Waals surface area contributed by atoms with Gasteiger partial charge in [-0.05, 0) is 43.0 Å². The molecule has 27 heavy (non-hydrogen) atoms. The topological polar surface area (TPSA) is 35.0 Å². The Bertz CT molecular complexity index is 658. The number of unbranched alkanes of at least 4 members (excludes halogenated alkanes) is 7. The largest absolute Gasteiger partial charge is 0.491 e. The SMILES string of the molecule is CCCCCCCCc1cnc(-c2ccc(OCCCCC)c(F)c2)nc1. The molecule has 0 saturated carbocycles. The van der Waals surface area contributed by atoms with Crippen molar-refractivity contribution in [3.05, 3.63) is 42.0 Å². The summed E-state index contributed by atoms with van der Waals surface area (Å²) in [5.41, 5.74) is 1.82. The summed E-state index contributed by atoms with van der Waals surface area (Å²) in [6.07, 6.45) is 15.6. The molecule has 1 heterocycles. The van der Waals surface area contributed by atoms with E-state index in [1.54, 1.807) is 6.07 Å². The van der Waals surface area contributed by atoms with E-state index >= 15 is 0 Å². The van der Waals surface area contributed by atoms with Crippen molar-refractivity contribution in [1.29, 1.82) is 0 Å². The molecule has 0 aliphatic heterocycles. The highest BCUT2D eigenvalue weighted by molar-refractivity contribution is 5.56. The quantitative estimate of drug-likeness (QED) is 0.365. The van der Waals surface area contributed by atoms with Crippen molar-refractivity contribution in [1.82, 2.24) is 9.97 Å². The van der Waals surface area contributed by atoms with Gasteiger partial charge in [0, 0.05) is 18.0 Å². The Hall–Kier alpha value is -1.97. The number of nitrogens with zero attached hydrogens (tertiary/aromatic N) is 2. The maximum absolute atomic E-state index is 14.2. The second kappa shape index (κ2) is 12.4. The maximum Gasteiger partial charge on any atom is 0.165 e. The first-order valence-electron chi connectivity index (χ1n) is 10.5. The second-order valence-corrected chi connectivity index (χ2v) is 7.13. The monoisotopic (exact) mass is 372 g/mol. The van der Waals surface area contributed by atoms with E-state index in [1.165, 1.54) is 44.6 Å². The molecule has 0 amide bonds. The van der Waals surface area contributed by atoms with Gasteiger partial charge in [-0.25, -0.2) is 14.4 Å². The van der Waals surface area contributed by atoms with Gasteiger partial charge in [0.1, 0.15) is 0 Å². The number of hydrogen-bond donors (Lipinski definition) is 0. The van der Waals surface area contributed by atoms with Crippen LogP contribution in [0.2, 0.25) is 0 Å². The zero-order valence-corrected chi connectivity index (χ0v) is 16.8. The van der Waals surface area contributed by atoms with Gasteiger partial charge in [0.25, 0.3) is 0 Å². The summed E-state index contributed by atoms with van der Waals surface area (Å²) >= 11 is 0. The number of benzene rings is 1. The van der Waals surface area contributed by atoms with E-state index in [9.17, 15) is 4.39 Å². The fourth-order valence-electron chi connectivity index (χ4n) is 3.03. The van der Waals surface area contributed by atoms with Gasteiger partial charge in [0.15, 0.2) is 17.4 Å². The number of halogens is 1. The Morgan fingerprint density at radius 2 is 1.52 bits per heavy atom. The van der Waals surface area contributed by atoms with Crippen molar-refractivity contribution in [3.8, 4) is 17.1 Å². The predicted octanol–water partition coefficient (Wildman–Crippen LogP) is 6.75. The minimum Gasteiger partial charge on any atom is -0.491 e. The van der Waals surface area contributed by atoms with E-state index in [0.717, 1.165) is 31.2 Å². The average molecular weight is 373 g/mol. The zero-order valence-electron chi connectivity index (χ0n) is 16.8. The van der Waals surface area contributed by atoms with Crippen LogP contribution in [0.1, 0.15) is 77.2 Å². The van der Waals surface area contributed by atoms with Crippen LogP contribution in [0.15, 0.2) is 30.6 Å². The van der Waals surface area contributed by atoms with E-state index in [4.69, 9.17) is 4.74 Å². The number of aromatic nitrogens is 2. The summed E-state index contributed by atoms with van der Waals surface area (Å²) < 4.78 is 19.8. The molecule has 2 aromatic rings. The zero-order chi connectivity index (χ0) is 19.3. The molecule has 1 aromatic heterocycles. The molecule has 0 bridgehead atoms. The summed E-state index contributed by atoms with van der Waals surface area (Å²) in [6, 6.07) is 4.95. The van der Waals surface area contributed by atoms with Crippen LogP contribution in [0, 0.1) is 5.82 Å². The molecule has 3 nitrogen and oxygen atoms in total. The summed E-state index contributed by atoms with van der Waals surface area (Å²) in [7, 11) is 0. The molecule has 0 unspecified atom stereocenters. The lowest BCUT2D eigenvalue weighted by Gasteiger charge is -2.08. The molecule has 0 spiro atoms. The van der Waals surface area contributed by atoms with Gasteiger partial charge in [-0.3, -0.25) is 0 Å². The van der Waals surface area contributed by atoms with Crippen LogP contribution in [0.5, 0.6) is 5.75 Å². The third-order valence-corrected chi connectivity index (χ3v) is 4.72. The van der Waals surface area contributed by atoms with Crippen molar-refractivity contribution >= 4 is 0 Å². The van der Waals surface area contributed by atoms with Gasteiger partial charge >= 0.3 is 0 Å². The lowest BCUT2D eigenvalue weighted by Crippen LogP contribution is -2.00. The molecule has 0 radical (unpaired) electrons. The molecule has 0 aliphatic rings. The predicted molar refractivity (Wildman–Crippen MR) is 110 cm³/mol. The van der Waals surface area contributed by atoms with Crippen LogP contribution in [0.3, 0.4) is 0 Å². The molecule has 0 N–H and O–H groups in total. The normalized spacial score (nSPS) is 10.9. The highest BCUT2D eigenvalue weighted by Crippen LogP contribution is 2.24. The standard InChI is InChI=1S/C23H33FN2O/c1-3-5-7-8-9-10-12-19-17-25-23(26-18-19)20-13-14-22(21(24)16-20)27-15-11-6-4-2/h13-14,16-18H,3-12,15H2,1-2H3. The van der Waals surface area contributed by atoms with E-state index in [2.05, 4.69) is 23.8 Å². The van der Waals surface area contributed by atoms with Gasteiger partial charge in [-0.1, -0.05) is 58.8 Å². The minimum atomic E-state index is -0.358. The number of ether oxygens (including phenoxy) is 1. The van der Waals surface area contributed by atoms with E-state index in [-0.39, 0.29) is 5.82 Å². The van der Waals surface area contributed by atoms with Gasteiger partial charge in [-0.15, -0.1) is 0 Å². The van der Waals surface area contributed by atoms with E-state index < -0.39 is 0 Å². The Balaban J connectivity index is 1.84. The van der Waals surface area contributed by atoms with Crippen LogP contribution in [-0.2, 0) is 6.42 Å². The third-order valence-electron chi connectivity index (χ3n) is 4.72. The molecule has 0 aliphatic carbocycles. The van der Waals surface area contributed by atoms with Crippen LogP contribution in [0.25, 0.3) is 11.4 Å². The minimum absolute atomic E-state index is 0.301. The molecule has 148 valence electrons. The summed E-state index contributed by atoms with van der Waals surface area (Å²) in [6.45, 7) is 4.92. The molecule has 0 atom stereocenters. The fourth-order valence-corrected chi connectivity index (χ4v) is 3.03. The Morgan fingerprint density at radius 3 is 2.22 bits per heavy atom. The van der Waals surface area contributed by atoms with Gasteiger partial charge in [0.2, 0.25) is 0 Å². The molecule has 0 fully saturated rings. The van der Waals surface area contributed by atoms with Crippen molar-refractivity contribution in [3.63, 3.8) is 0 Å². The lowest BCUT2D eigenvalue weighted by atomic mass is 10.1. The number of hydrogen-bond acceptors (Lipinski definition) is 3. The molecule has 2 rings (SSSR count). The van der Waals surface area contributed by atoms with Crippen LogP contribution in [-0.4, -0.2) is 16.6 Å². The molecule has 0 saturated heterocycles. The van der Waals surface area contributed by atoms with Crippen LogP contribution < -0.4 is 4.74 Å². The van der Waals surface area contributed by atoms with Crippen LogP contribution in [0.4, 0.5) is 4.39 Å². The van der Waals surface area contributed by atoms with Crippen molar-refractivity contribution < 1.29 is 9.13 Å². The number of rotatable bonds is 13. The van der Waals surface area contributed by atoms with E-state index in [1.807, 2.05) is 18.5 Å². The first-order chi connectivity index (χ1) is 13.2. The van der Waals surface area contributed by atoms with Crippen LogP contribution >= 0.6 is 0 Å². The van der Waals surface area contributed by atoms with Gasteiger partial charge in [-0.2, -0.15) is 0 Å². The van der Waals surface area contributed by atoms with E-state index in [0.29, 0.717) is 23.7 Å². The molecule has 4 heteroatoms. The second-order valence-electron chi connectivity index (χ2n) is 7.13. The summed E-state index contributed by atoms with van der Waals surface area (Å²) in [4.78, 5) is 8.83. The summed E-state index contributed by atoms with van der Waals surface area (Å²) in [5, 5.41) is 0. The van der Waals surface area contributed by atoms with Gasteiger partial charge < -0.3 is 4.74 Å². The third kappa shape index (κ3) is 7.66. The highest BCUT2D eigenvalue weighted by atomic mass is 19.1. The van der Waals surface area contributed by atoms with Crippen molar-refractivity contribution in [2.75, 3.05) is 6.61 Å². The lowest BCUT2D eigenvalue weighted by molar-refractivity contribution is 0.291. The first kappa shape index (κ1) is 21.3. The Kier molecular flexibility index (Phi) is 9.81. The molecule has 1 aromatic carbocycles. The highest BCUT2D eigenvalue weighted by Gasteiger charge is 2.08. The van der Waals surface area contributed by atoms with Crippen molar-refractivity contribution in [2.24, 2.45) is 0 Å². The van der Waals surface area contributed by atoms with Crippen molar-refractivity contribution in [2.45, 2.75) is 78.1 Å². The number of aryl methyl sites for hydroxylation is 1. The molecular formula is C23H33FN2O. The maximum atomic E-state index is 14.2.